The minimum Gasteiger partial charge on any atom is -0.479 e. The van der Waals surface area contributed by atoms with Crippen LogP contribution in [0.4, 0.5) is 0 Å². The van der Waals surface area contributed by atoms with E-state index in [2.05, 4.69) is 11.3 Å². The fraction of sp³-hybridized carbons (Fsp3) is 0.250. The van der Waals surface area contributed by atoms with E-state index in [1.165, 1.54) is 7.11 Å². The third-order valence-electron chi connectivity index (χ3n) is 1.84. The zero-order valence-electron chi connectivity index (χ0n) is 8.90. The normalized spacial score (nSPS) is 11.6. The molecule has 0 saturated heterocycles. The maximum absolute atomic E-state index is 11.5. The van der Waals surface area contributed by atoms with Gasteiger partial charge in [-0.05, 0) is 6.92 Å². The Morgan fingerprint density at radius 3 is 2.40 bits per heavy atom. The number of esters is 1. The first-order valence-electron chi connectivity index (χ1n) is 4.60. The van der Waals surface area contributed by atoms with Crippen LogP contribution in [0.15, 0.2) is 42.7 Å². The minimum absolute atomic E-state index is 0.427. The van der Waals surface area contributed by atoms with E-state index in [1.807, 2.05) is 30.3 Å². The molecule has 1 unspecified atom stereocenters. The smallest absolute Gasteiger partial charge is 0.351 e. The van der Waals surface area contributed by atoms with Crippen molar-refractivity contribution in [3.63, 3.8) is 0 Å². The van der Waals surface area contributed by atoms with Crippen LogP contribution >= 0.6 is 0 Å². The second-order valence-corrected chi connectivity index (χ2v) is 3.13. The quantitative estimate of drug-likeness (QED) is 0.560. The summed E-state index contributed by atoms with van der Waals surface area (Å²) >= 11 is 0. The average Bonchev–Trinajstić information content (AvgIpc) is 2.26. The highest BCUT2D eigenvalue weighted by Crippen LogP contribution is 2.20. The molecule has 3 nitrogen and oxygen atoms in total. The molecule has 1 aromatic carbocycles. The van der Waals surface area contributed by atoms with Crippen molar-refractivity contribution in [2.75, 3.05) is 7.11 Å². The van der Waals surface area contributed by atoms with Gasteiger partial charge in [0.05, 0.1) is 12.9 Å². The summed E-state index contributed by atoms with van der Waals surface area (Å²) in [6, 6.07) is 9.17. The second kappa shape index (κ2) is 5.20. The number of hydrogen-bond donors (Lipinski definition) is 0. The molecular weight excluding hydrogens is 192 g/mol. The lowest BCUT2D eigenvalue weighted by atomic mass is 10.1. The molecule has 0 N–H and O–H groups in total. The number of hydrogen-bond acceptors (Lipinski definition) is 3. The molecule has 1 aromatic rings. The van der Waals surface area contributed by atoms with Crippen molar-refractivity contribution < 1.29 is 14.3 Å². The largest absolute Gasteiger partial charge is 0.479 e. The van der Waals surface area contributed by atoms with E-state index in [4.69, 9.17) is 4.74 Å². The second-order valence-electron chi connectivity index (χ2n) is 3.13. The highest BCUT2D eigenvalue weighted by molar-refractivity contribution is 5.76. The van der Waals surface area contributed by atoms with E-state index in [0.717, 1.165) is 5.56 Å². The summed E-state index contributed by atoms with van der Waals surface area (Å²) in [5.74, 6) is 0.0541. The maximum Gasteiger partial charge on any atom is 0.351 e. The first kappa shape index (κ1) is 11.3. The average molecular weight is 206 g/mol. The Kier molecular flexibility index (Phi) is 3.92. The van der Waals surface area contributed by atoms with Gasteiger partial charge < -0.3 is 9.47 Å². The SMILES string of the molecule is C=C(C)OC(C(=O)OC)c1ccccc1. The zero-order valence-corrected chi connectivity index (χ0v) is 8.90. The van der Waals surface area contributed by atoms with Crippen LogP contribution in [0.5, 0.6) is 0 Å². The summed E-state index contributed by atoms with van der Waals surface area (Å²) in [5, 5.41) is 0. The summed E-state index contributed by atoms with van der Waals surface area (Å²) in [6.07, 6.45) is -0.728. The molecule has 0 aromatic heterocycles. The van der Waals surface area contributed by atoms with Crippen molar-refractivity contribution in [2.24, 2.45) is 0 Å². The summed E-state index contributed by atoms with van der Waals surface area (Å²) in [5.41, 5.74) is 0.757. The highest BCUT2D eigenvalue weighted by atomic mass is 16.6. The monoisotopic (exact) mass is 206 g/mol. The van der Waals surface area contributed by atoms with E-state index in [0.29, 0.717) is 5.76 Å². The molecule has 15 heavy (non-hydrogen) atoms. The first-order chi connectivity index (χ1) is 7.15. The summed E-state index contributed by atoms with van der Waals surface area (Å²) in [6.45, 7) is 5.30. The van der Waals surface area contributed by atoms with Crippen LogP contribution in [0.2, 0.25) is 0 Å². The van der Waals surface area contributed by atoms with Gasteiger partial charge in [0.1, 0.15) is 0 Å². The third kappa shape index (κ3) is 3.13. The predicted molar refractivity (Wildman–Crippen MR) is 57.1 cm³/mol. The van der Waals surface area contributed by atoms with Gasteiger partial charge in [-0.25, -0.2) is 4.79 Å². The number of carbonyl (C=O) groups is 1. The van der Waals surface area contributed by atoms with Crippen molar-refractivity contribution in [3.05, 3.63) is 48.2 Å². The molecule has 0 aliphatic rings. The van der Waals surface area contributed by atoms with Crippen molar-refractivity contribution in [1.29, 1.82) is 0 Å². The Balaban J connectivity index is 2.91. The molecule has 1 atom stereocenters. The number of carbonyl (C=O) groups excluding carboxylic acids is 1. The lowest BCUT2D eigenvalue weighted by Crippen LogP contribution is -2.16. The van der Waals surface area contributed by atoms with Gasteiger partial charge in [0.2, 0.25) is 6.10 Å². The van der Waals surface area contributed by atoms with Gasteiger partial charge in [-0.15, -0.1) is 0 Å². The summed E-state index contributed by atoms with van der Waals surface area (Å²) < 4.78 is 9.98. The highest BCUT2D eigenvalue weighted by Gasteiger charge is 2.22. The molecular formula is C12H14O3. The number of rotatable bonds is 4. The number of methoxy groups -OCH3 is 1. The molecule has 0 amide bonds. The number of benzene rings is 1. The summed E-state index contributed by atoms with van der Waals surface area (Å²) in [4.78, 5) is 11.5. The van der Waals surface area contributed by atoms with Crippen LogP contribution in [0.1, 0.15) is 18.6 Å². The van der Waals surface area contributed by atoms with Gasteiger partial charge in [-0.3, -0.25) is 0 Å². The Hall–Kier alpha value is -1.77. The van der Waals surface area contributed by atoms with E-state index < -0.39 is 12.1 Å². The van der Waals surface area contributed by atoms with Gasteiger partial charge in [0, 0.05) is 5.56 Å². The maximum atomic E-state index is 11.5. The molecule has 0 fully saturated rings. The molecule has 0 radical (unpaired) electrons. The van der Waals surface area contributed by atoms with E-state index in [-0.39, 0.29) is 0 Å². The van der Waals surface area contributed by atoms with Crippen LogP contribution in [0, 0.1) is 0 Å². The van der Waals surface area contributed by atoms with Crippen LogP contribution < -0.4 is 0 Å². The predicted octanol–water partition coefficient (Wildman–Crippen LogP) is 2.45. The standard InChI is InChI=1S/C12H14O3/c1-9(2)15-11(12(13)14-3)10-7-5-4-6-8-10/h4-8,11H,1H2,2-3H3. The van der Waals surface area contributed by atoms with Crippen LogP contribution in [-0.2, 0) is 14.3 Å². The van der Waals surface area contributed by atoms with Gasteiger partial charge in [0.15, 0.2) is 0 Å². The van der Waals surface area contributed by atoms with Gasteiger partial charge in [0.25, 0.3) is 0 Å². The van der Waals surface area contributed by atoms with Crippen LogP contribution in [-0.4, -0.2) is 13.1 Å². The molecule has 0 saturated carbocycles. The van der Waals surface area contributed by atoms with Crippen molar-refractivity contribution in [3.8, 4) is 0 Å². The van der Waals surface area contributed by atoms with E-state index >= 15 is 0 Å². The van der Waals surface area contributed by atoms with Crippen LogP contribution in [0.3, 0.4) is 0 Å². The van der Waals surface area contributed by atoms with Crippen LogP contribution in [0.25, 0.3) is 0 Å². The summed E-state index contributed by atoms with van der Waals surface area (Å²) in [7, 11) is 1.33. The Morgan fingerprint density at radius 1 is 1.33 bits per heavy atom. The lowest BCUT2D eigenvalue weighted by molar-refractivity contribution is -0.152. The lowest BCUT2D eigenvalue weighted by Gasteiger charge is -2.16. The molecule has 80 valence electrons. The molecule has 0 aliphatic carbocycles. The van der Waals surface area contributed by atoms with Crippen molar-refractivity contribution in [1.82, 2.24) is 0 Å². The Bertz CT molecular complexity index is 343. The third-order valence-corrected chi connectivity index (χ3v) is 1.84. The van der Waals surface area contributed by atoms with Gasteiger partial charge in [-0.1, -0.05) is 36.9 Å². The minimum atomic E-state index is -0.728. The van der Waals surface area contributed by atoms with E-state index in [1.54, 1.807) is 6.92 Å². The molecule has 0 bridgehead atoms. The fourth-order valence-corrected chi connectivity index (χ4v) is 1.19. The molecule has 0 aliphatic heterocycles. The first-order valence-corrected chi connectivity index (χ1v) is 4.60. The van der Waals surface area contributed by atoms with Crippen molar-refractivity contribution in [2.45, 2.75) is 13.0 Å². The Labute approximate surface area is 89.3 Å². The zero-order chi connectivity index (χ0) is 11.3. The molecule has 0 spiro atoms. The molecule has 0 heterocycles. The molecule has 3 heteroatoms. The number of ether oxygens (including phenoxy) is 2. The van der Waals surface area contributed by atoms with Crippen molar-refractivity contribution >= 4 is 5.97 Å². The topological polar surface area (TPSA) is 35.5 Å². The fourth-order valence-electron chi connectivity index (χ4n) is 1.19. The number of allylic oxidation sites excluding steroid dienone is 1. The van der Waals surface area contributed by atoms with Gasteiger partial charge in [-0.2, -0.15) is 0 Å². The molecule has 1 rings (SSSR count). The van der Waals surface area contributed by atoms with Gasteiger partial charge >= 0.3 is 5.97 Å². The Morgan fingerprint density at radius 2 is 1.93 bits per heavy atom. The van der Waals surface area contributed by atoms with E-state index in [9.17, 15) is 4.79 Å².